The van der Waals surface area contributed by atoms with E-state index in [1.165, 1.54) is 11.3 Å². The van der Waals surface area contributed by atoms with E-state index in [0.29, 0.717) is 16.8 Å². The summed E-state index contributed by atoms with van der Waals surface area (Å²) in [6.45, 7) is 12.0. The molecule has 2 heterocycles. The highest BCUT2D eigenvalue weighted by atomic mass is 32.1. The summed E-state index contributed by atoms with van der Waals surface area (Å²) in [5.41, 5.74) is 5.05. The lowest BCUT2D eigenvalue weighted by atomic mass is 10.1. The van der Waals surface area contributed by atoms with Crippen LogP contribution in [0.4, 0.5) is 22.5 Å². The zero-order chi connectivity index (χ0) is 21.0. The average molecular weight is 411 g/mol. The number of nitrogens with zero attached hydrogens (tertiary/aromatic N) is 4. The monoisotopic (exact) mass is 410 g/mol. The maximum atomic E-state index is 12.6. The van der Waals surface area contributed by atoms with Gasteiger partial charge in [-0.2, -0.15) is 0 Å². The predicted molar refractivity (Wildman–Crippen MR) is 120 cm³/mol. The van der Waals surface area contributed by atoms with Crippen LogP contribution >= 0.6 is 11.3 Å². The zero-order valence-electron chi connectivity index (χ0n) is 17.4. The molecule has 0 fully saturated rings. The molecule has 0 saturated carbocycles. The van der Waals surface area contributed by atoms with Crippen LogP contribution in [0, 0.1) is 20.8 Å². The minimum atomic E-state index is -0.241. The van der Waals surface area contributed by atoms with Crippen LogP contribution < -0.4 is 15.5 Å². The summed E-state index contributed by atoms with van der Waals surface area (Å²) >= 11 is 1.34. The van der Waals surface area contributed by atoms with Crippen molar-refractivity contribution in [1.29, 1.82) is 0 Å². The minimum Gasteiger partial charge on any atom is -0.372 e. The van der Waals surface area contributed by atoms with Crippen LogP contribution in [0.25, 0.3) is 0 Å². The van der Waals surface area contributed by atoms with Crippen LogP contribution in [0.15, 0.2) is 29.6 Å². The SMILES string of the molecule is CCN(CC)c1ccc(NC(=O)c2csc(Nc3nc(C)cc(C)n3)n2)c(C)c1. The number of aryl methyl sites for hydroxylation is 3. The summed E-state index contributed by atoms with van der Waals surface area (Å²) in [4.78, 5) is 28.0. The normalized spacial score (nSPS) is 10.7. The molecule has 0 spiro atoms. The Morgan fingerprint density at radius 2 is 1.72 bits per heavy atom. The van der Waals surface area contributed by atoms with E-state index in [2.05, 4.69) is 50.4 Å². The number of hydrogen-bond acceptors (Lipinski definition) is 7. The van der Waals surface area contributed by atoms with Gasteiger partial charge in [0.1, 0.15) is 5.69 Å². The number of benzene rings is 1. The second-order valence-corrected chi connectivity index (χ2v) is 7.62. The number of anilines is 4. The molecule has 0 saturated heterocycles. The van der Waals surface area contributed by atoms with Gasteiger partial charge in [-0.1, -0.05) is 0 Å². The first kappa shape index (κ1) is 20.7. The fourth-order valence-electron chi connectivity index (χ4n) is 3.07. The van der Waals surface area contributed by atoms with Gasteiger partial charge < -0.3 is 15.5 Å². The highest BCUT2D eigenvalue weighted by Crippen LogP contribution is 2.24. The van der Waals surface area contributed by atoms with Gasteiger partial charge in [-0.05, 0) is 64.4 Å². The smallest absolute Gasteiger partial charge is 0.275 e. The molecule has 152 valence electrons. The van der Waals surface area contributed by atoms with Crippen molar-refractivity contribution in [2.75, 3.05) is 28.6 Å². The van der Waals surface area contributed by atoms with Crippen molar-refractivity contribution in [3.8, 4) is 0 Å². The number of carbonyl (C=O) groups is 1. The topological polar surface area (TPSA) is 83.0 Å². The van der Waals surface area contributed by atoms with Crippen molar-refractivity contribution in [2.45, 2.75) is 34.6 Å². The second kappa shape index (κ2) is 9.00. The summed E-state index contributed by atoms with van der Waals surface area (Å²) in [6, 6.07) is 7.96. The Morgan fingerprint density at radius 3 is 2.34 bits per heavy atom. The molecule has 7 nitrogen and oxygen atoms in total. The summed E-state index contributed by atoms with van der Waals surface area (Å²) in [6.07, 6.45) is 0. The standard InChI is InChI=1S/C21H26N6OS/c1-6-27(7-2)16-8-9-17(13(3)10-16)24-19(28)18-12-29-21(25-18)26-20-22-14(4)11-15(5)23-20/h8-12H,6-7H2,1-5H3,(H,24,28)(H,22,23,25,26). The molecule has 8 heteroatoms. The first-order chi connectivity index (χ1) is 13.9. The molecule has 2 aromatic heterocycles. The van der Waals surface area contributed by atoms with Gasteiger partial charge >= 0.3 is 0 Å². The van der Waals surface area contributed by atoms with Crippen LogP contribution in [-0.4, -0.2) is 33.9 Å². The van der Waals surface area contributed by atoms with Crippen LogP contribution in [0.2, 0.25) is 0 Å². The van der Waals surface area contributed by atoms with E-state index in [1.807, 2.05) is 39.0 Å². The van der Waals surface area contributed by atoms with Crippen molar-refractivity contribution in [1.82, 2.24) is 15.0 Å². The summed E-state index contributed by atoms with van der Waals surface area (Å²) in [7, 11) is 0. The van der Waals surface area contributed by atoms with Crippen LogP contribution in [-0.2, 0) is 0 Å². The third-order valence-electron chi connectivity index (χ3n) is 4.52. The van der Waals surface area contributed by atoms with Crippen molar-refractivity contribution in [3.05, 3.63) is 52.3 Å². The molecule has 1 aromatic carbocycles. The average Bonchev–Trinajstić information content (AvgIpc) is 3.12. The lowest BCUT2D eigenvalue weighted by molar-refractivity contribution is 0.102. The molecule has 0 aliphatic carbocycles. The van der Waals surface area contributed by atoms with Gasteiger partial charge in [0.15, 0.2) is 5.13 Å². The molecule has 0 unspecified atom stereocenters. The molecule has 0 radical (unpaired) electrons. The molecule has 1 amide bonds. The number of aromatic nitrogens is 3. The molecular weight excluding hydrogens is 384 g/mol. The van der Waals surface area contributed by atoms with E-state index >= 15 is 0 Å². The first-order valence-corrected chi connectivity index (χ1v) is 10.5. The van der Waals surface area contributed by atoms with E-state index in [1.54, 1.807) is 5.38 Å². The molecule has 0 aliphatic heterocycles. The third kappa shape index (κ3) is 5.08. The van der Waals surface area contributed by atoms with E-state index < -0.39 is 0 Å². The van der Waals surface area contributed by atoms with Crippen LogP contribution in [0.5, 0.6) is 0 Å². The van der Waals surface area contributed by atoms with Gasteiger partial charge in [-0.15, -0.1) is 11.3 Å². The predicted octanol–water partition coefficient (Wildman–Crippen LogP) is 4.70. The highest BCUT2D eigenvalue weighted by molar-refractivity contribution is 7.14. The number of thiazole rings is 1. The summed E-state index contributed by atoms with van der Waals surface area (Å²) in [5, 5.41) is 8.32. The summed E-state index contributed by atoms with van der Waals surface area (Å²) in [5.74, 6) is 0.237. The Morgan fingerprint density at radius 1 is 1.03 bits per heavy atom. The van der Waals surface area contributed by atoms with Crippen LogP contribution in [0.3, 0.4) is 0 Å². The Hall–Kier alpha value is -3.00. The van der Waals surface area contributed by atoms with E-state index in [0.717, 1.165) is 41.4 Å². The Bertz CT molecular complexity index is 992. The number of nitrogens with one attached hydrogen (secondary N) is 2. The maximum Gasteiger partial charge on any atom is 0.275 e. The van der Waals surface area contributed by atoms with Crippen molar-refractivity contribution in [2.24, 2.45) is 0 Å². The zero-order valence-corrected chi connectivity index (χ0v) is 18.2. The molecule has 0 aliphatic rings. The highest BCUT2D eigenvalue weighted by Gasteiger charge is 2.14. The number of hydrogen-bond donors (Lipinski definition) is 2. The molecule has 0 atom stereocenters. The lowest BCUT2D eigenvalue weighted by Gasteiger charge is -2.22. The molecular formula is C21H26N6OS. The molecule has 3 rings (SSSR count). The molecule has 2 N–H and O–H groups in total. The van der Waals surface area contributed by atoms with Gasteiger partial charge in [0, 0.05) is 41.2 Å². The second-order valence-electron chi connectivity index (χ2n) is 6.76. The van der Waals surface area contributed by atoms with Gasteiger partial charge in [0.2, 0.25) is 5.95 Å². The first-order valence-electron chi connectivity index (χ1n) is 9.61. The van der Waals surface area contributed by atoms with Crippen LogP contribution in [0.1, 0.15) is 41.3 Å². The molecule has 3 aromatic rings. The van der Waals surface area contributed by atoms with E-state index in [4.69, 9.17) is 0 Å². The fourth-order valence-corrected chi connectivity index (χ4v) is 3.76. The van der Waals surface area contributed by atoms with Crippen molar-refractivity contribution < 1.29 is 4.79 Å². The van der Waals surface area contributed by atoms with Gasteiger partial charge in [0.05, 0.1) is 0 Å². The van der Waals surface area contributed by atoms with Gasteiger partial charge in [-0.25, -0.2) is 15.0 Å². The largest absolute Gasteiger partial charge is 0.372 e. The number of rotatable bonds is 7. The van der Waals surface area contributed by atoms with Gasteiger partial charge in [-0.3, -0.25) is 4.79 Å². The number of carbonyl (C=O) groups excluding carboxylic acids is 1. The maximum absolute atomic E-state index is 12.6. The quantitative estimate of drug-likeness (QED) is 0.587. The Labute approximate surface area is 175 Å². The molecule has 29 heavy (non-hydrogen) atoms. The fraction of sp³-hybridized carbons (Fsp3) is 0.333. The van der Waals surface area contributed by atoms with Gasteiger partial charge in [0.25, 0.3) is 5.91 Å². The Balaban J connectivity index is 1.70. The number of amides is 1. The van der Waals surface area contributed by atoms with E-state index in [9.17, 15) is 4.79 Å². The van der Waals surface area contributed by atoms with Crippen molar-refractivity contribution >= 4 is 39.7 Å². The Kier molecular flexibility index (Phi) is 6.43. The molecule has 0 bridgehead atoms. The lowest BCUT2D eigenvalue weighted by Crippen LogP contribution is -2.22. The van der Waals surface area contributed by atoms with Crippen molar-refractivity contribution in [3.63, 3.8) is 0 Å². The third-order valence-corrected chi connectivity index (χ3v) is 5.28. The van der Waals surface area contributed by atoms with E-state index in [-0.39, 0.29) is 5.91 Å². The summed E-state index contributed by atoms with van der Waals surface area (Å²) < 4.78 is 0. The minimum absolute atomic E-state index is 0.241.